The molecule has 7 heteroatoms. The summed E-state index contributed by atoms with van der Waals surface area (Å²) in [6.07, 6.45) is 0. The molecule has 0 saturated heterocycles. The van der Waals surface area contributed by atoms with Gasteiger partial charge in [-0.15, -0.1) is 0 Å². The third kappa shape index (κ3) is 4.44. The maximum atomic E-state index is 12.3. The SMILES string of the molecule is CONC(=O)c1ccccc1Nc1ccc(SC(F)F)cc1. The molecular weight excluding hydrogens is 310 g/mol. The van der Waals surface area contributed by atoms with Crippen molar-refractivity contribution in [3.8, 4) is 0 Å². The van der Waals surface area contributed by atoms with Gasteiger partial charge in [0.1, 0.15) is 0 Å². The summed E-state index contributed by atoms with van der Waals surface area (Å²) in [5.41, 5.74) is 3.95. The summed E-state index contributed by atoms with van der Waals surface area (Å²) in [6.45, 7) is 0. The first-order chi connectivity index (χ1) is 10.6. The number of hydrogen-bond donors (Lipinski definition) is 2. The fraction of sp³-hybridized carbons (Fsp3) is 0.133. The quantitative estimate of drug-likeness (QED) is 0.622. The van der Waals surface area contributed by atoms with E-state index in [-0.39, 0.29) is 5.91 Å². The predicted molar refractivity (Wildman–Crippen MR) is 82.5 cm³/mol. The van der Waals surface area contributed by atoms with E-state index in [1.54, 1.807) is 48.5 Å². The second-order valence-electron chi connectivity index (χ2n) is 4.21. The lowest BCUT2D eigenvalue weighted by atomic mass is 10.1. The van der Waals surface area contributed by atoms with E-state index in [0.29, 0.717) is 33.6 Å². The lowest BCUT2D eigenvalue weighted by Gasteiger charge is -2.12. The molecule has 1 amide bonds. The number of para-hydroxylation sites is 1. The van der Waals surface area contributed by atoms with Crippen LogP contribution in [0.15, 0.2) is 53.4 Å². The average Bonchev–Trinajstić information content (AvgIpc) is 2.49. The summed E-state index contributed by atoms with van der Waals surface area (Å²) in [7, 11) is 1.35. The molecule has 0 radical (unpaired) electrons. The van der Waals surface area contributed by atoms with E-state index < -0.39 is 5.76 Å². The van der Waals surface area contributed by atoms with E-state index in [2.05, 4.69) is 15.6 Å². The molecule has 0 fully saturated rings. The van der Waals surface area contributed by atoms with Crippen LogP contribution in [0, 0.1) is 0 Å². The summed E-state index contributed by atoms with van der Waals surface area (Å²) < 4.78 is 24.5. The molecule has 2 aromatic carbocycles. The maximum absolute atomic E-state index is 12.3. The van der Waals surface area contributed by atoms with E-state index in [1.165, 1.54) is 7.11 Å². The van der Waals surface area contributed by atoms with E-state index >= 15 is 0 Å². The van der Waals surface area contributed by atoms with Gasteiger partial charge >= 0.3 is 0 Å². The van der Waals surface area contributed by atoms with Crippen molar-refractivity contribution in [3.05, 3.63) is 54.1 Å². The van der Waals surface area contributed by atoms with Crippen molar-refractivity contribution in [2.24, 2.45) is 0 Å². The molecule has 0 aliphatic rings. The number of carbonyl (C=O) groups excluding carboxylic acids is 1. The van der Waals surface area contributed by atoms with Crippen molar-refractivity contribution >= 4 is 29.0 Å². The molecule has 0 bridgehead atoms. The van der Waals surface area contributed by atoms with Crippen LogP contribution in [0.25, 0.3) is 0 Å². The summed E-state index contributed by atoms with van der Waals surface area (Å²) in [6, 6.07) is 13.5. The minimum Gasteiger partial charge on any atom is -0.355 e. The van der Waals surface area contributed by atoms with Gasteiger partial charge in [0, 0.05) is 10.6 Å². The average molecular weight is 324 g/mol. The molecular formula is C15H14F2N2O2S. The van der Waals surface area contributed by atoms with E-state index in [0.717, 1.165) is 0 Å². The van der Waals surface area contributed by atoms with Gasteiger partial charge in [-0.25, -0.2) is 5.48 Å². The van der Waals surface area contributed by atoms with Gasteiger partial charge in [-0.3, -0.25) is 9.63 Å². The molecule has 2 N–H and O–H groups in total. The Labute approximate surface area is 130 Å². The van der Waals surface area contributed by atoms with Crippen LogP contribution in [0.5, 0.6) is 0 Å². The number of thioether (sulfide) groups is 1. The second-order valence-corrected chi connectivity index (χ2v) is 5.27. The van der Waals surface area contributed by atoms with E-state index in [9.17, 15) is 13.6 Å². The van der Waals surface area contributed by atoms with Crippen LogP contribution in [-0.2, 0) is 4.84 Å². The van der Waals surface area contributed by atoms with Gasteiger partial charge in [0.25, 0.3) is 11.7 Å². The fourth-order valence-corrected chi connectivity index (χ4v) is 2.31. The zero-order valence-corrected chi connectivity index (χ0v) is 12.5. The Bertz CT molecular complexity index is 636. The summed E-state index contributed by atoms with van der Waals surface area (Å²) in [4.78, 5) is 17.0. The molecule has 0 aliphatic carbocycles. The molecule has 4 nitrogen and oxygen atoms in total. The molecule has 116 valence electrons. The number of amides is 1. The highest BCUT2D eigenvalue weighted by Crippen LogP contribution is 2.27. The van der Waals surface area contributed by atoms with Crippen LogP contribution in [-0.4, -0.2) is 18.8 Å². The minimum atomic E-state index is -2.45. The maximum Gasteiger partial charge on any atom is 0.288 e. The Morgan fingerprint density at radius 2 is 1.82 bits per heavy atom. The number of anilines is 2. The summed E-state index contributed by atoms with van der Waals surface area (Å²) in [5.74, 6) is -2.83. The van der Waals surface area contributed by atoms with Gasteiger partial charge < -0.3 is 5.32 Å². The van der Waals surface area contributed by atoms with Gasteiger partial charge in [0.05, 0.1) is 18.4 Å². The number of rotatable bonds is 6. The van der Waals surface area contributed by atoms with Crippen molar-refractivity contribution in [2.75, 3.05) is 12.4 Å². The van der Waals surface area contributed by atoms with E-state index in [1.807, 2.05) is 0 Å². The molecule has 2 rings (SSSR count). The Hall–Kier alpha value is -2.12. The number of nitrogens with one attached hydrogen (secondary N) is 2. The van der Waals surface area contributed by atoms with Crippen molar-refractivity contribution in [1.82, 2.24) is 5.48 Å². The van der Waals surface area contributed by atoms with Crippen LogP contribution < -0.4 is 10.8 Å². The Morgan fingerprint density at radius 3 is 2.45 bits per heavy atom. The largest absolute Gasteiger partial charge is 0.355 e. The van der Waals surface area contributed by atoms with Crippen molar-refractivity contribution in [2.45, 2.75) is 10.7 Å². The van der Waals surface area contributed by atoms with Gasteiger partial charge in [0.2, 0.25) is 0 Å². The molecule has 22 heavy (non-hydrogen) atoms. The molecule has 0 unspecified atom stereocenters. The smallest absolute Gasteiger partial charge is 0.288 e. The lowest BCUT2D eigenvalue weighted by Crippen LogP contribution is -2.22. The Kier molecular flexibility index (Phi) is 5.74. The summed E-state index contributed by atoms with van der Waals surface area (Å²) >= 11 is 0.486. The number of alkyl halides is 2. The highest BCUT2D eigenvalue weighted by atomic mass is 32.2. The monoisotopic (exact) mass is 324 g/mol. The molecule has 2 aromatic rings. The Morgan fingerprint density at radius 1 is 1.14 bits per heavy atom. The number of carbonyl (C=O) groups is 1. The van der Waals surface area contributed by atoms with Crippen molar-refractivity contribution in [1.29, 1.82) is 0 Å². The third-order valence-corrected chi connectivity index (χ3v) is 3.45. The molecule has 0 saturated carbocycles. The molecule has 0 aromatic heterocycles. The number of hydroxylamine groups is 1. The van der Waals surface area contributed by atoms with E-state index in [4.69, 9.17) is 0 Å². The Balaban J connectivity index is 2.15. The van der Waals surface area contributed by atoms with Crippen LogP contribution in [0.1, 0.15) is 10.4 Å². The highest BCUT2D eigenvalue weighted by molar-refractivity contribution is 7.99. The van der Waals surface area contributed by atoms with Gasteiger partial charge in [-0.05, 0) is 36.4 Å². The summed E-state index contributed by atoms with van der Waals surface area (Å²) in [5, 5.41) is 3.08. The second kappa shape index (κ2) is 7.77. The van der Waals surface area contributed by atoms with Gasteiger partial charge in [-0.1, -0.05) is 23.9 Å². The third-order valence-electron chi connectivity index (χ3n) is 2.72. The first kappa shape index (κ1) is 16.3. The standard InChI is InChI=1S/C15H14F2N2O2S/c1-21-19-14(20)12-4-2-3-5-13(12)18-10-6-8-11(9-7-10)22-15(16)17/h2-9,15,18H,1H3,(H,19,20). The normalized spacial score (nSPS) is 10.5. The molecule has 0 spiro atoms. The topological polar surface area (TPSA) is 50.4 Å². The lowest BCUT2D eigenvalue weighted by molar-refractivity contribution is 0.0538. The highest BCUT2D eigenvalue weighted by Gasteiger charge is 2.11. The van der Waals surface area contributed by atoms with Crippen LogP contribution in [0.2, 0.25) is 0 Å². The van der Waals surface area contributed by atoms with Gasteiger partial charge in [-0.2, -0.15) is 8.78 Å². The minimum absolute atomic E-state index is 0.379. The van der Waals surface area contributed by atoms with Crippen molar-refractivity contribution < 1.29 is 18.4 Å². The number of halogens is 2. The number of benzene rings is 2. The van der Waals surface area contributed by atoms with Crippen molar-refractivity contribution in [3.63, 3.8) is 0 Å². The van der Waals surface area contributed by atoms with Crippen LogP contribution in [0.4, 0.5) is 20.2 Å². The van der Waals surface area contributed by atoms with Crippen LogP contribution in [0.3, 0.4) is 0 Å². The first-order valence-electron chi connectivity index (χ1n) is 6.34. The zero-order valence-electron chi connectivity index (χ0n) is 11.7. The first-order valence-corrected chi connectivity index (χ1v) is 7.22. The zero-order chi connectivity index (χ0) is 15.9. The fourth-order valence-electron chi connectivity index (χ4n) is 1.81. The molecule has 0 atom stereocenters. The number of hydrogen-bond acceptors (Lipinski definition) is 4. The predicted octanol–water partition coefficient (Wildman–Crippen LogP) is 4.04. The molecule has 0 heterocycles. The molecule has 0 aliphatic heterocycles. The van der Waals surface area contributed by atoms with Gasteiger partial charge in [0.15, 0.2) is 0 Å². The van der Waals surface area contributed by atoms with Crippen LogP contribution >= 0.6 is 11.8 Å².